The summed E-state index contributed by atoms with van der Waals surface area (Å²) in [7, 11) is 0. The molecule has 62 valence electrons. The van der Waals surface area contributed by atoms with Gasteiger partial charge in [0.1, 0.15) is 6.04 Å². The van der Waals surface area contributed by atoms with Crippen molar-refractivity contribution < 1.29 is 9.90 Å². The number of nitrogens with one attached hydrogen (secondary N) is 1. The van der Waals surface area contributed by atoms with E-state index >= 15 is 0 Å². The van der Waals surface area contributed by atoms with E-state index in [1.807, 2.05) is 6.92 Å². The van der Waals surface area contributed by atoms with Crippen molar-refractivity contribution in [2.24, 2.45) is 0 Å². The summed E-state index contributed by atoms with van der Waals surface area (Å²) in [5.74, 6) is -0.788. The average Bonchev–Trinajstić information content (AvgIpc) is 1.82. The van der Waals surface area contributed by atoms with Crippen molar-refractivity contribution in [3.8, 4) is 0 Å². The Bertz CT molecular complexity index is 97.7. The molecule has 0 saturated heterocycles. The van der Waals surface area contributed by atoms with Crippen LogP contribution in [0.2, 0.25) is 0 Å². The molecule has 0 aliphatic carbocycles. The molecule has 0 radical (unpaired) electrons. The van der Waals surface area contributed by atoms with Crippen molar-refractivity contribution in [3.63, 3.8) is 0 Å². The third-order valence-electron chi connectivity index (χ3n) is 1.07. The van der Waals surface area contributed by atoms with E-state index in [1.165, 1.54) is 0 Å². The molecule has 0 aromatic rings. The maximum atomic E-state index is 10.1. The van der Waals surface area contributed by atoms with Gasteiger partial charge in [0, 0.05) is 0 Å². The molecule has 0 saturated carbocycles. The fourth-order valence-electron chi connectivity index (χ4n) is 0.448. The summed E-state index contributed by atoms with van der Waals surface area (Å²) < 4.78 is 0. The molecule has 0 bridgehead atoms. The molecule has 1 unspecified atom stereocenters. The Hall–Kier alpha value is -0.280. The molecule has 0 fully saturated rings. The minimum absolute atomic E-state index is 0. The molecule has 0 rings (SSSR count). The highest BCUT2D eigenvalue weighted by atomic mass is 35.5. The number of aliphatic carboxylic acids is 1. The Kier molecular flexibility index (Phi) is 8.48. The summed E-state index contributed by atoms with van der Waals surface area (Å²) >= 11 is 0. The van der Waals surface area contributed by atoms with Gasteiger partial charge < -0.3 is 10.4 Å². The number of hydrogen-bond acceptors (Lipinski definition) is 2. The second kappa shape index (κ2) is 6.83. The van der Waals surface area contributed by atoms with Gasteiger partial charge in [0.2, 0.25) is 0 Å². The van der Waals surface area contributed by atoms with Crippen LogP contribution in [0, 0.1) is 0 Å². The molecule has 0 aliphatic rings. The van der Waals surface area contributed by atoms with E-state index < -0.39 is 12.0 Å². The standard InChI is InChI=1S/C6H13NO2.ClH/c1-3-4-7-5(2)6(8)9;/h5,7H,3-4H2,1-2H3,(H,8,9);1H. The van der Waals surface area contributed by atoms with Crippen LogP contribution < -0.4 is 5.32 Å². The predicted octanol–water partition coefficient (Wildman–Crippen LogP) is 0.881. The van der Waals surface area contributed by atoms with Gasteiger partial charge in [-0.25, -0.2) is 0 Å². The van der Waals surface area contributed by atoms with E-state index in [0.29, 0.717) is 0 Å². The smallest absolute Gasteiger partial charge is 0.320 e. The van der Waals surface area contributed by atoms with E-state index in [2.05, 4.69) is 5.32 Å². The lowest BCUT2D eigenvalue weighted by molar-refractivity contribution is -0.138. The first-order valence-electron chi connectivity index (χ1n) is 3.14. The molecule has 4 heteroatoms. The minimum atomic E-state index is -0.788. The zero-order valence-electron chi connectivity index (χ0n) is 6.26. The SMILES string of the molecule is CCCNC(C)C(=O)O.Cl. The summed E-state index contributed by atoms with van der Waals surface area (Å²) in [6, 6.07) is -0.412. The predicted molar refractivity (Wildman–Crippen MR) is 42.6 cm³/mol. The highest BCUT2D eigenvalue weighted by Gasteiger charge is 2.06. The van der Waals surface area contributed by atoms with Crippen LogP contribution in [-0.2, 0) is 4.79 Å². The molecular weight excluding hydrogens is 154 g/mol. The van der Waals surface area contributed by atoms with Gasteiger partial charge in [-0.1, -0.05) is 6.92 Å². The van der Waals surface area contributed by atoms with Crippen LogP contribution in [-0.4, -0.2) is 23.7 Å². The number of hydrogen-bond donors (Lipinski definition) is 2. The zero-order valence-corrected chi connectivity index (χ0v) is 7.07. The lowest BCUT2D eigenvalue weighted by Gasteiger charge is -2.05. The second-order valence-corrected chi connectivity index (χ2v) is 2.01. The van der Waals surface area contributed by atoms with Crippen molar-refractivity contribution in [1.82, 2.24) is 5.32 Å². The number of carbonyl (C=O) groups is 1. The van der Waals surface area contributed by atoms with Gasteiger partial charge in [-0.2, -0.15) is 0 Å². The van der Waals surface area contributed by atoms with Crippen molar-refractivity contribution in [2.75, 3.05) is 6.54 Å². The first-order chi connectivity index (χ1) is 4.18. The van der Waals surface area contributed by atoms with Gasteiger partial charge in [0.05, 0.1) is 0 Å². The molecule has 1 atom stereocenters. The fourth-order valence-corrected chi connectivity index (χ4v) is 0.448. The van der Waals surface area contributed by atoms with Gasteiger partial charge in [0.15, 0.2) is 0 Å². The Morgan fingerprint density at radius 1 is 1.70 bits per heavy atom. The van der Waals surface area contributed by atoms with Crippen molar-refractivity contribution >= 4 is 18.4 Å². The van der Waals surface area contributed by atoms with Crippen LogP contribution in [0.4, 0.5) is 0 Å². The summed E-state index contributed by atoms with van der Waals surface area (Å²) in [5, 5.41) is 11.2. The third-order valence-corrected chi connectivity index (χ3v) is 1.07. The third kappa shape index (κ3) is 5.85. The highest BCUT2D eigenvalue weighted by molar-refractivity contribution is 5.85. The number of carboxylic acids is 1. The van der Waals surface area contributed by atoms with Crippen LogP contribution in [0.15, 0.2) is 0 Å². The number of halogens is 1. The fraction of sp³-hybridized carbons (Fsp3) is 0.833. The second-order valence-electron chi connectivity index (χ2n) is 2.01. The lowest BCUT2D eigenvalue weighted by Crippen LogP contribution is -2.33. The molecule has 0 aliphatic heterocycles. The van der Waals surface area contributed by atoms with Gasteiger partial charge in [-0.15, -0.1) is 12.4 Å². The average molecular weight is 168 g/mol. The van der Waals surface area contributed by atoms with Gasteiger partial charge >= 0.3 is 5.97 Å². The van der Waals surface area contributed by atoms with Gasteiger partial charge in [0.25, 0.3) is 0 Å². The van der Waals surface area contributed by atoms with Crippen LogP contribution in [0.3, 0.4) is 0 Å². The van der Waals surface area contributed by atoms with E-state index in [-0.39, 0.29) is 12.4 Å². The molecule has 0 aromatic heterocycles. The van der Waals surface area contributed by atoms with Crippen LogP contribution >= 0.6 is 12.4 Å². The van der Waals surface area contributed by atoms with Crippen LogP contribution in [0.1, 0.15) is 20.3 Å². The van der Waals surface area contributed by atoms with Crippen molar-refractivity contribution in [1.29, 1.82) is 0 Å². The number of rotatable bonds is 4. The topological polar surface area (TPSA) is 49.3 Å². The molecule has 0 spiro atoms. The zero-order chi connectivity index (χ0) is 7.28. The lowest BCUT2D eigenvalue weighted by atomic mass is 10.3. The van der Waals surface area contributed by atoms with Gasteiger partial charge in [-0.3, -0.25) is 4.79 Å². The Morgan fingerprint density at radius 3 is 2.50 bits per heavy atom. The normalized spacial score (nSPS) is 11.8. The summed E-state index contributed by atoms with van der Waals surface area (Å²) in [6.45, 7) is 4.41. The summed E-state index contributed by atoms with van der Waals surface area (Å²) in [5.41, 5.74) is 0. The largest absolute Gasteiger partial charge is 0.480 e. The van der Waals surface area contributed by atoms with E-state index in [1.54, 1.807) is 6.92 Å². The number of carboxylic acid groups (broad SMARTS) is 1. The maximum Gasteiger partial charge on any atom is 0.320 e. The Labute approximate surface area is 67.2 Å². The van der Waals surface area contributed by atoms with Crippen molar-refractivity contribution in [3.05, 3.63) is 0 Å². The molecular formula is C6H14ClNO2. The Morgan fingerprint density at radius 2 is 2.20 bits per heavy atom. The van der Waals surface area contributed by atoms with E-state index in [0.717, 1.165) is 13.0 Å². The van der Waals surface area contributed by atoms with Crippen molar-refractivity contribution in [2.45, 2.75) is 26.3 Å². The molecule has 0 aromatic carbocycles. The van der Waals surface area contributed by atoms with Crippen LogP contribution in [0.5, 0.6) is 0 Å². The minimum Gasteiger partial charge on any atom is -0.480 e. The van der Waals surface area contributed by atoms with Crippen LogP contribution in [0.25, 0.3) is 0 Å². The maximum absolute atomic E-state index is 10.1. The summed E-state index contributed by atoms with van der Waals surface area (Å²) in [6.07, 6.45) is 0.970. The molecule has 0 heterocycles. The molecule has 3 nitrogen and oxygen atoms in total. The molecule has 2 N–H and O–H groups in total. The first-order valence-corrected chi connectivity index (χ1v) is 3.14. The first kappa shape index (κ1) is 12.4. The molecule has 10 heavy (non-hydrogen) atoms. The highest BCUT2D eigenvalue weighted by Crippen LogP contribution is 1.80. The van der Waals surface area contributed by atoms with Gasteiger partial charge in [-0.05, 0) is 19.9 Å². The molecule has 0 amide bonds. The summed E-state index contributed by atoms with van der Waals surface area (Å²) in [4.78, 5) is 10.1. The van der Waals surface area contributed by atoms with E-state index in [9.17, 15) is 4.79 Å². The quantitative estimate of drug-likeness (QED) is 0.654. The monoisotopic (exact) mass is 167 g/mol. The Balaban J connectivity index is 0. The van der Waals surface area contributed by atoms with E-state index in [4.69, 9.17) is 5.11 Å².